The number of thiazole rings is 1. The zero-order valence-electron chi connectivity index (χ0n) is 13.7. The molecule has 0 bridgehead atoms. The molecule has 0 atom stereocenters. The number of rotatable bonds is 2. The Balaban J connectivity index is 1.71. The van der Waals surface area contributed by atoms with Crippen LogP contribution in [0.25, 0.3) is 32.2 Å². The van der Waals surface area contributed by atoms with E-state index in [4.69, 9.17) is 0 Å². The number of hydrogen-bond donors (Lipinski definition) is 0. The zero-order chi connectivity index (χ0) is 17.1. The van der Waals surface area contributed by atoms with Crippen molar-refractivity contribution in [2.24, 2.45) is 14.1 Å². The van der Waals surface area contributed by atoms with E-state index in [-0.39, 0.29) is 5.56 Å². The van der Waals surface area contributed by atoms with Crippen LogP contribution < -0.4 is 5.56 Å². The first kappa shape index (κ1) is 14.4. The van der Waals surface area contributed by atoms with Gasteiger partial charge in [-0.05, 0) is 11.6 Å². The van der Waals surface area contributed by atoms with Gasteiger partial charge >= 0.3 is 0 Å². The van der Waals surface area contributed by atoms with Crippen molar-refractivity contribution in [1.82, 2.24) is 29.1 Å². The highest BCUT2D eigenvalue weighted by Crippen LogP contribution is 2.28. The van der Waals surface area contributed by atoms with Crippen LogP contribution in [0.3, 0.4) is 0 Å². The van der Waals surface area contributed by atoms with E-state index in [9.17, 15) is 4.79 Å². The first-order valence-electron chi connectivity index (χ1n) is 7.82. The molecule has 0 amide bonds. The lowest BCUT2D eigenvalue weighted by Crippen LogP contribution is -2.24. The normalized spacial score (nSPS) is 11.9. The molecule has 124 valence electrons. The van der Waals surface area contributed by atoms with E-state index < -0.39 is 0 Å². The number of hydrogen-bond acceptors (Lipinski definition) is 5. The second-order valence-electron chi connectivity index (χ2n) is 6.05. The van der Waals surface area contributed by atoms with Crippen molar-refractivity contribution < 1.29 is 0 Å². The van der Waals surface area contributed by atoms with Crippen LogP contribution in [0.1, 0.15) is 5.56 Å². The third-order valence-electron chi connectivity index (χ3n) is 4.67. The Morgan fingerprint density at radius 2 is 1.96 bits per heavy atom. The predicted octanol–water partition coefficient (Wildman–Crippen LogP) is 2.28. The second-order valence-corrected chi connectivity index (χ2v) is 6.91. The first-order valence-corrected chi connectivity index (χ1v) is 8.70. The minimum absolute atomic E-state index is 0.105. The van der Waals surface area contributed by atoms with Crippen molar-refractivity contribution in [3.63, 3.8) is 0 Å². The summed E-state index contributed by atoms with van der Waals surface area (Å²) >= 11 is 1.53. The average Bonchev–Trinajstić information content (AvgIpc) is 3.29. The van der Waals surface area contributed by atoms with Crippen LogP contribution in [0.5, 0.6) is 0 Å². The van der Waals surface area contributed by atoms with Crippen LogP contribution in [0.2, 0.25) is 0 Å². The maximum Gasteiger partial charge on any atom is 0.291 e. The summed E-state index contributed by atoms with van der Waals surface area (Å²) in [6.07, 6.45) is 3.59. The first-order chi connectivity index (χ1) is 12.1. The Bertz CT molecular complexity index is 1320. The van der Waals surface area contributed by atoms with E-state index in [1.807, 2.05) is 47.7 Å². The quantitative estimate of drug-likeness (QED) is 0.490. The topological polar surface area (TPSA) is 70.5 Å². The third kappa shape index (κ3) is 1.91. The molecule has 0 aliphatic carbocycles. The van der Waals surface area contributed by atoms with Gasteiger partial charge < -0.3 is 4.57 Å². The fourth-order valence-electron chi connectivity index (χ4n) is 3.39. The molecule has 0 saturated heterocycles. The molecule has 0 saturated carbocycles. The molecule has 4 aromatic heterocycles. The fraction of sp³-hybridized carbons (Fsp3) is 0.176. The van der Waals surface area contributed by atoms with Crippen molar-refractivity contribution in [1.29, 1.82) is 0 Å². The Kier molecular flexibility index (Phi) is 2.87. The Morgan fingerprint density at radius 3 is 2.84 bits per heavy atom. The largest absolute Gasteiger partial charge is 0.323 e. The summed E-state index contributed by atoms with van der Waals surface area (Å²) in [7, 11) is 3.78. The summed E-state index contributed by atoms with van der Waals surface area (Å²) in [4.78, 5) is 17.3. The van der Waals surface area contributed by atoms with Gasteiger partial charge in [-0.3, -0.25) is 9.48 Å². The molecule has 0 N–H and O–H groups in total. The molecule has 5 aromatic rings. The molecular weight excluding hydrogens is 336 g/mol. The monoisotopic (exact) mass is 350 g/mol. The smallest absolute Gasteiger partial charge is 0.291 e. The number of benzene rings is 1. The molecule has 0 radical (unpaired) electrons. The molecule has 0 unspecified atom stereocenters. The summed E-state index contributed by atoms with van der Waals surface area (Å²) in [5.74, 6) is 0. The lowest BCUT2D eigenvalue weighted by atomic mass is 10.1. The summed E-state index contributed by atoms with van der Waals surface area (Å²) < 4.78 is 6.19. The summed E-state index contributed by atoms with van der Waals surface area (Å²) in [6, 6.07) is 6.00. The number of fused-ring (bicyclic) bond motifs is 4. The van der Waals surface area contributed by atoms with Crippen LogP contribution in [0.15, 0.2) is 40.9 Å². The zero-order valence-corrected chi connectivity index (χ0v) is 14.5. The van der Waals surface area contributed by atoms with E-state index in [0.717, 1.165) is 32.2 Å². The van der Waals surface area contributed by atoms with Crippen molar-refractivity contribution in [3.05, 3.63) is 52.0 Å². The third-order valence-corrected chi connectivity index (χ3v) is 5.52. The van der Waals surface area contributed by atoms with E-state index in [1.165, 1.54) is 16.0 Å². The van der Waals surface area contributed by atoms with Crippen molar-refractivity contribution in [3.8, 4) is 0 Å². The highest BCUT2D eigenvalue weighted by molar-refractivity contribution is 7.17. The molecule has 0 aliphatic rings. The van der Waals surface area contributed by atoms with Crippen molar-refractivity contribution in [2.75, 3.05) is 0 Å². The number of aromatic nitrogens is 6. The van der Waals surface area contributed by atoms with Gasteiger partial charge in [0, 0.05) is 24.9 Å². The molecule has 7 nitrogen and oxygen atoms in total. The average molecular weight is 350 g/mol. The van der Waals surface area contributed by atoms with Gasteiger partial charge in [-0.2, -0.15) is 10.2 Å². The minimum Gasteiger partial charge on any atom is -0.323 e. The molecular formula is C17H14N6OS. The molecule has 0 spiro atoms. The SMILES string of the molecule is Cn1ncc2c(Cn3ncc4c5scnc5n(C)c4c3=O)cccc21. The second kappa shape index (κ2) is 5.00. The van der Waals surface area contributed by atoms with Gasteiger partial charge in [-0.15, -0.1) is 11.3 Å². The van der Waals surface area contributed by atoms with Gasteiger partial charge in [-0.1, -0.05) is 12.1 Å². The molecule has 0 aliphatic heterocycles. The molecule has 1 aromatic carbocycles. The Hall–Kier alpha value is -3.00. The standard InChI is InChI=1S/C17H14N6OS/c1-21-14-12(15-16(21)18-9-25-15)7-20-23(17(14)24)8-10-4-3-5-13-11(10)6-19-22(13)2/h3-7,9H,8H2,1-2H3. The van der Waals surface area contributed by atoms with Gasteiger partial charge in [0.25, 0.3) is 5.56 Å². The Labute approximate surface area is 145 Å². The maximum absolute atomic E-state index is 13.0. The van der Waals surface area contributed by atoms with Crippen molar-refractivity contribution in [2.45, 2.75) is 6.54 Å². The molecule has 5 rings (SSSR count). The van der Waals surface area contributed by atoms with Crippen molar-refractivity contribution >= 4 is 43.5 Å². The molecule has 8 heteroatoms. The van der Waals surface area contributed by atoms with E-state index in [2.05, 4.69) is 15.2 Å². The van der Waals surface area contributed by atoms with E-state index in [1.54, 1.807) is 11.7 Å². The van der Waals surface area contributed by atoms with Crippen LogP contribution in [-0.4, -0.2) is 29.1 Å². The number of aryl methyl sites for hydroxylation is 2. The minimum atomic E-state index is -0.105. The highest BCUT2D eigenvalue weighted by atomic mass is 32.1. The van der Waals surface area contributed by atoms with Gasteiger partial charge in [0.05, 0.1) is 34.7 Å². The molecule has 4 heterocycles. The van der Waals surface area contributed by atoms with Crippen LogP contribution in [0.4, 0.5) is 0 Å². The number of nitrogens with zero attached hydrogens (tertiary/aromatic N) is 6. The summed E-state index contributed by atoms with van der Waals surface area (Å²) in [6.45, 7) is 0.407. The van der Waals surface area contributed by atoms with Crippen LogP contribution in [-0.2, 0) is 20.6 Å². The van der Waals surface area contributed by atoms with Crippen LogP contribution in [0, 0.1) is 0 Å². The molecule has 0 fully saturated rings. The summed E-state index contributed by atoms with van der Waals surface area (Å²) in [5.41, 5.74) is 5.21. The Morgan fingerprint density at radius 1 is 1.12 bits per heavy atom. The highest BCUT2D eigenvalue weighted by Gasteiger charge is 2.16. The maximum atomic E-state index is 13.0. The van der Waals surface area contributed by atoms with Gasteiger partial charge in [0.2, 0.25) is 0 Å². The van der Waals surface area contributed by atoms with Crippen LogP contribution >= 0.6 is 11.3 Å². The summed E-state index contributed by atoms with van der Waals surface area (Å²) in [5, 5.41) is 10.6. The molecule has 25 heavy (non-hydrogen) atoms. The lowest BCUT2D eigenvalue weighted by Gasteiger charge is -2.07. The van der Waals surface area contributed by atoms with Gasteiger partial charge in [-0.25, -0.2) is 9.67 Å². The van der Waals surface area contributed by atoms with Gasteiger partial charge in [0.15, 0.2) is 5.65 Å². The van der Waals surface area contributed by atoms with E-state index in [0.29, 0.717) is 12.1 Å². The predicted molar refractivity (Wildman–Crippen MR) is 98.0 cm³/mol. The van der Waals surface area contributed by atoms with Gasteiger partial charge in [0.1, 0.15) is 5.52 Å². The lowest BCUT2D eigenvalue weighted by molar-refractivity contribution is 0.647. The fourth-order valence-corrected chi connectivity index (χ4v) is 4.22. The van der Waals surface area contributed by atoms with E-state index >= 15 is 0 Å².